The SMILES string of the molecule is CCCCN(C(=O)c1ccc(CNC)cc1)C(Cc1ccccc1CN1CCCCC1)c1nc2ccccc2[nH]1. The number of benzene rings is 3. The Labute approximate surface area is 238 Å². The normalized spacial score (nSPS) is 14.8. The highest BCUT2D eigenvalue weighted by Crippen LogP contribution is 2.30. The number of nitrogens with one attached hydrogen (secondary N) is 2. The number of aromatic nitrogens is 2. The number of likely N-dealkylation sites (tertiary alicyclic amines) is 1. The summed E-state index contributed by atoms with van der Waals surface area (Å²) >= 11 is 0. The number of fused-ring (bicyclic) bond motifs is 1. The van der Waals surface area contributed by atoms with Gasteiger partial charge in [0.25, 0.3) is 5.91 Å². The van der Waals surface area contributed by atoms with Crippen LogP contribution >= 0.6 is 0 Å². The fourth-order valence-electron chi connectivity index (χ4n) is 5.82. The van der Waals surface area contributed by atoms with Gasteiger partial charge in [0.15, 0.2) is 0 Å². The minimum atomic E-state index is -0.203. The molecule has 1 unspecified atom stereocenters. The van der Waals surface area contributed by atoms with Crippen LogP contribution in [0.3, 0.4) is 0 Å². The van der Waals surface area contributed by atoms with E-state index in [2.05, 4.69) is 57.4 Å². The van der Waals surface area contributed by atoms with Crippen molar-refractivity contribution in [3.05, 3.63) is 101 Å². The number of rotatable bonds is 12. The van der Waals surface area contributed by atoms with E-state index in [0.717, 1.165) is 67.9 Å². The second kappa shape index (κ2) is 13.7. The summed E-state index contributed by atoms with van der Waals surface area (Å²) < 4.78 is 0. The van der Waals surface area contributed by atoms with E-state index in [-0.39, 0.29) is 11.9 Å². The Balaban J connectivity index is 1.52. The van der Waals surface area contributed by atoms with E-state index in [4.69, 9.17) is 4.98 Å². The number of carbonyl (C=O) groups is 1. The number of hydrogen-bond donors (Lipinski definition) is 2. The van der Waals surface area contributed by atoms with Crippen molar-refractivity contribution in [3.63, 3.8) is 0 Å². The van der Waals surface area contributed by atoms with Gasteiger partial charge in [-0.1, -0.05) is 68.3 Å². The Bertz CT molecular complexity index is 1340. The molecule has 4 aromatic rings. The number of para-hydroxylation sites is 2. The van der Waals surface area contributed by atoms with Gasteiger partial charge in [-0.2, -0.15) is 0 Å². The van der Waals surface area contributed by atoms with Crippen LogP contribution in [0.1, 0.15) is 77.9 Å². The Morgan fingerprint density at radius 1 is 0.975 bits per heavy atom. The molecule has 0 spiro atoms. The van der Waals surface area contributed by atoms with Gasteiger partial charge in [-0.15, -0.1) is 0 Å². The first-order valence-corrected chi connectivity index (χ1v) is 14.9. The van der Waals surface area contributed by atoms with Crippen LogP contribution in [0.25, 0.3) is 11.0 Å². The summed E-state index contributed by atoms with van der Waals surface area (Å²) in [6.07, 6.45) is 6.55. The highest BCUT2D eigenvalue weighted by molar-refractivity contribution is 5.94. The lowest BCUT2D eigenvalue weighted by atomic mass is 9.97. The third-order valence-corrected chi connectivity index (χ3v) is 8.07. The van der Waals surface area contributed by atoms with Gasteiger partial charge < -0.3 is 15.2 Å². The van der Waals surface area contributed by atoms with Crippen molar-refractivity contribution in [2.24, 2.45) is 0 Å². The molecule has 40 heavy (non-hydrogen) atoms. The molecule has 1 atom stereocenters. The van der Waals surface area contributed by atoms with Gasteiger partial charge in [0, 0.05) is 31.6 Å². The molecule has 6 heteroatoms. The lowest BCUT2D eigenvalue weighted by Crippen LogP contribution is -2.38. The summed E-state index contributed by atoms with van der Waals surface area (Å²) in [7, 11) is 1.94. The van der Waals surface area contributed by atoms with Crippen molar-refractivity contribution in [3.8, 4) is 0 Å². The molecule has 2 N–H and O–H groups in total. The number of H-pyrrole nitrogens is 1. The molecule has 1 fully saturated rings. The predicted molar refractivity (Wildman–Crippen MR) is 163 cm³/mol. The van der Waals surface area contributed by atoms with Crippen molar-refractivity contribution >= 4 is 16.9 Å². The van der Waals surface area contributed by atoms with Gasteiger partial charge in [0.05, 0.1) is 17.1 Å². The van der Waals surface area contributed by atoms with E-state index < -0.39 is 0 Å². The van der Waals surface area contributed by atoms with Crippen LogP contribution < -0.4 is 5.32 Å². The van der Waals surface area contributed by atoms with Crippen LogP contribution in [0.15, 0.2) is 72.8 Å². The minimum absolute atomic E-state index is 0.0587. The minimum Gasteiger partial charge on any atom is -0.340 e. The topological polar surface area (TPSA) is 64.3 Å². The number of piperidine rings is 1. The molecular weight excluding hydrogens is 494 g/mol. The molecule has 6 nitrogen and oxygen atoms in total. The first kappa shape index (κ1) is 28.1. The maximum atomic E-state index is 14.2. The van der Waals surface area contributed by atoms with Gasteiger partial charge in [-0.25, -0.2) is 4.98 Å². The predicted octanol–water partition coefficient (Wildman–Crippen LogP) is 6.49. The second-order valence-electron chi connectivity index (χ2n) is 11.0. The lowest BCUT2D eigenvalue weighted by molar-refractivity contribution is 0.0663. The van der Waals surface area contributed by atoms with Crippen molar-refractivity contribution < 1.29 is 4.79 Å². The Hall–Kier alpha value is -3.48. The zero-order valence-corrected chi connectivity index (χ0v) is 24.0. The van der Waals surface area contributed by atoms with Crippen LogP contribution in [0.2, 0.25) is 0 Å². The van der Waals surface area contributed by atoms with E-state index in [0.29, 0.717) is 6.54 Å². The third-order valence-electron chi connectivity index (χ3n) is 8.07. The largest absolute Gasteiger partial charge is 0.340 e. The molecule has 1 aromatic heterocycles. The van der Waals surface area contributed by atoms with E-state index >= 15 is 0 Å². The number of nitrogens with zero attached hydrogens (tertiary/aromatic N) is 3. The molecule has 0 aliphatic carbocycles. The van der Waals surface area contributed by atoms with Gasteiger partial charge in [-0.3, -0.25) is 9.69 Å². The highest BCUT2D eigenvalue weighted by Gasteiger charge is 2.29. The van der Waals surface area contributed by atoms with Crippen molar-refractivity contribution in [2.45, 2.75) is 64.6 Å². The molecule has 0 saturated carbocycles. The van der Waals surface area contributed by atoms with Crippen LogP contribution in [0.4, 0.5) is 0 Å². The molecule has 210 valence electrons. The molecular formula is C34H43N5O. The molecule has 5 rings (SSSR count). The summed E-state index contributed by atoms with van der Waals surface area (Å²) in [6.45, 7) is 6.92. The number of amides is 1. The van der Waals surface area contributed by atoms with Gasteiger partial charge in [0.1, 0.15) is 5.82 Å². The maximum Gasteiger partial charge on any atom is 0.254 e. The fraction of sp³-hybridized carbons (Fsp3) is 0.412. The fourth-order valence-corrected chi connectivity index (χ4v) is 5.82. The average Bonchev–Trinajstić information content (AvgIpc) is 3.43. The Morgan fingerprint density at radius 2 is 1.70 bits per heavy atom. The Kier molecular flexibility index (Phi) is 9.63. The van der Waals surface area contributed by atoms with Crippen LogP contribution in [-0.2, 0) is 19.5 Å². The molecule has 0 radical (unpaired) electrons. The first-order chi connectivity index (χ1) is 19.7. The average molecular weight is 538 g/mol. The van der Waals surface area contributed by atoms with Gasteiger partial charge in [0.2, 0.25) is 0 Å². The smallest absolute Gasteiger partial charge is 0.254 e. The molecule has 0 bridgehead atoms. The Morgan fingerprint density at radius 3 is 2.42 bits per heavy atom. The molecule has 2 heterocycles. The van der Waals surface area contributed by atoms with Crippen LogP contribution in [0.5, 0.6) is 0 Å². The molecule has 3 aromatic carbocycles. The van der Waals surface area contributed by atoms with Gasteiger partial charge in [-0.05, 0) is 80.4 Å². The number of carbonyl (C=O) groups excluding carboxylic acids is 1. The molecule has 1 aliphatic rings. The molecule has 1 aliphatic heterocycles. The zero-order chi connectivity index (χ0) is 27.7. The van der Waals surface area contributed by atoms with Crippen molar-refractivity contribution in [2.75, 3.05) is 26.7 Å². The molecule has 1 amide bonds. The molecule has 1 saturated heterocycles. The number of hydrogen-bond acceptors (Lipinski definition) is 4. The third kappa shape index (κ3) is 6.80. The summed E-state index contributed by atoms with van der Waals surface area (Å²) in [5.41, 5.74) is 6.46. The van der Waals surface area contributed by atoms with Crippen LogP contribution in [-0.4, -0.2) is 52.4 Å². The second-order valence-corrected chi connectivity index (χ2v) is 11.0. The first-order valence-electron chi connectivity index (χ1n) is 14.9. The van der Waals surface area contributed by atoms with Crippen molar-refractivity contribution in [1.82, 2.24) is 25.1 Å². The van der Waals surface area contributed by atoms with Crippen LogP contribution in [0, 0.1) is 0 Å². The summed E-state index contributed by atoms with van der Waals surface area (Å²) in [4.78, 5) is 27.5. The summed E-state index contributed by atoms with van der Waals surface area (Å²) in [6, 6.07) is 24.7. The number of unbranched alkanes of at least 4 members (excludes halogenated alkanes) is 1. The number of aromatic amines is 1. The van der Waals surface area contributed by atoms with E-state index in [9.17, 15) is 4.79 Å². The monoisotopic (exact) mass is 537 g/mol. The van der Waals surface area contributed by atoms with Crippen molar-refractivity contribution in [1.29, 1.82) is 0 Å². The highest BCUT2D eigenvalue weighted by atomic mass is 16.2. The van der Waals surface area contributed by atoms with Gasteiger partial charge >= 0.3 is 0 Å². The quantitative estimate of drug-likeness (QED) is 0.217. The zero-order valence-electron chi connectivity index (χ0n) is 24.0. The summed E-state index contributed by atoms with van der Waals surface area (Å²) in [5, 5.41) is 3.19. The van der Waals surface area contributed by atoms with E-state index in [1.807, 2.05) is 49.5 Å². The standard InChI is InChI=1S/C34H43N5O/c1-3-4-22-39(34(40)27-18-16-26(17-19-27)24-35-2)32(33-36-30-14-8-9-15-31(30)37-33)23-28-12-6-7-13-29(28)25-38-20-10-5-11-21-38/h6-9,12-19,32,35H,3-5,10-11,20-25H2,1-2H3,(H,36,37). The van der Waals surface area contributed by atoms with E-state index in [1.54, 1.807) is 0 Å². The lowest BCUT2D eigenvalue weighted by Gasteiger charge is -2.32. The number of imidazole rings is 1. The van der Waals surface area contributed by atoms with E-state index in [1.165, 1.54) is 36.0 Å². The summed E-state index contributed by atoms with van der Waals surface area (Å²) in [5.74, 6) is 0.911. The maximum absolute atomic E-state index is 14.2.